The summed E-state index contributed by atoms with van der Waals surface area (Å²) in [6.07, 6.45) is -0.857. The number of pyridine rings is 1. The summed E-state index contributed by atoms with van der Waals surface area (Å²) in [5.41, 5.74) is 0.215. The van der Waals surface area contributed by atoms with Gasteiger partial charge in [-0.3, -0.25) is 4.79 Å². The Balaban J connectivity index is 1.79. The number of aryl methyl sites for hydroxylation is 2. The minimum absolute atomic E-state index is 0.0757. The maximum atomic E-state index is 12.5. The average molecular weight is 347 g/mol. The topological polar surface area (TPSA) is 42.0 Å². The zero-order chi connectivity index (χ0) is 15.9. The summed E-state index contributed by atoms with van der Waals surface area (Å²) < 4.78 is 37.6. The summed E-state index contributed by atoms with van der Waals surface area (Å²) in [5, 5.41) is 2.21. The van der Waals surface area contributed by atoms with Gasteiger partial charge in [-0.05, 0) is 37.0 Å². The van der Waals surface area contributed by atoms with E-state index in [1.54, 1.807) is 0 Å². The van der Waals surface area contributed by atoms with Crippen LogP contribution in [0.5, 0.6) is 0 Å². The van der Waals surface area contributed by atoms with Crippen LogP contribution in [-0.4, -0.2) is 10.9 Å². The molecule has 1 aliphatic carbocycles. The van der Waals surface area contributed by atoms with Gasteiger partial charge in [0, 0.05) is 11.1 Å². The van der Waals surface area contributed by atoms with E-state index in [-0.39, 0.29) is 10.8 Å². The van der Waals surface area contributed by atoms with E-state index in [1.165, 1.54) is 21.8 Å². The van der Waals surface area contributed by atoms with E-state index in [4.69, 9.17) is 11.6 Å². The van der Waals surface area contributed by atoms with E-state index < -0.39 is 17.6 Å². The SMILES string of the molecule is O=C(Nc1ncc(C(F)(F)F)cc1Cl)c1cc2c(s1)CCC2. The van der Waals surface area contributed by atoms with Crippen LogP contribution in [0.15, 0.2) is 18.3 Å². The highest BCUT2D eigenvalue weighted by Crippen LogP contribution is 2.33. The summed E-state index contributed by atoms with van der Waals surface area (Å²) >= 11 is 7.17. The first-order chi connectivity index (χ1) is 10.3. The molecule has 2 aromatic heterocycles. The van der Waals surface area contributed by atoms with Crippen molar-refractivity contribution in [3.8, 4) is 0 Å². The Morgan fingerprint density at radius 2 is 2.09 bits per heavy atom. The Labute approximate surface area is 133 Å². The fourth-order valence-electron chi connectivity index (χ4n) is 2.30. The lowest BCUT2D eigenvalue weighted by Gasteiger charge is -2.09. The van der Waals surface area contributed by atoms with E-state index in [0.29, 0.717) is 11.1 Å². The van der Waals surface area contributed by atoms with Gasteiger partial charge in [0.2, 0.25) is 0 Å². The highest BCUT2D eigenvalue weighted by Gasteiger charge is 2.31. The van der Waals surface area contributed by atoms with Gasteiger partial charge in [0.1, 0.15) is 0 Å². The summed E-state index contributed by atoms with van der Waals surface area (Å²) in [7, 11) is 0. The van der Waals surface area contributed by atoms with Crippen molar-refractivity contribution in [2.75, 3.05) is 5.32 Å². The van der Waals surface area contributed by atoms with Crippen LogP contribution >= 0.6 is 22.9 Å². The summed E-state index contributed by atoms with van der Waals surface area (Å²) in [5.74, 6) is -0.484. The van der Waals surface area contributed by atoms with E-state index in [0.717, 1.165) is 25.3 Å². The molecule has 0 unspecified atom stereocenters. The second-order valence-electron chi connectivity index (χ2n) is 4.92. The van der Waals surface area contributed by atoms with E-state index in [1.807, 2.05) is 6.07 Å². The monoisotopic (exact) mass is 346 g/mol. The fraction of sp³-hybridized carbons (Fsp3) is 0.286. The molecule has 1 amide bonds. The molecule has 0 atom stereocenters. The molecule has 8 heteroatoms. The molecule has 116 valence electrons. The number of halogens is 4. The maximum absolute atomic E-state index is 12.5. The molecule has 0 bridgehead atoms. The number of nitrogens with zero attached hydrogens (tertiary/aromatic N) is 1. The molecule has 1 aliphatic rings. The van der Waals surface area contributed by atoms with Crippen molar-refractivity contribution in [2.45, 2.75) is 25.4 Å². The molecule has 0 saturated heterocycles. The number of anilines is 1. The lowest BCUT2D eigenvalue weighted by atomic mass is 10.2. The Morgan fingerprint density at radius 3 is 2.73 bits per heavy atom. The Bertz CT molecular complexity index is 721. The number of carbonyl (C=O) groups excluding carboxylic acids is 1. The minimum atomic E-state index is -4.52. The van der Waals surface area contributed by atoms with Gasteiger partial charge in [-0.1, -0.05) is 11.6 Å². The van der Waals surface area contributed by atoms with Crippen LogP contribution < -0.4 is 5.32 Å². The van der Waals surface area contributed by atoms with Gasteiger partial charge >= 0.3 is 6.18 Å². The zero-order valence-corrected chi connectivity index (χ0v) is 12.7. The van der Waals surface area contributed by atoms with Crippen LogP contribution in [-0.2, 0) is 19.0 Å². The quantitative estimate of drug-likeness (QED) is 0.866. The first-order valence-corrected chi connectivity index (χ1v) is 7.70. The zero-order valence-electron chi connectivity index (χ0n) is 11.1. The normalized spacial score (nSPS) is 14.0. The van der Waals surface area contributed by atoms with Gasteiger partial charge in [0.25, 0.3) is 5.91 Å². The van der Waals surface area contributed by atoms with Crippen molar-refractivity contribution in [1.82, 2.24) is 4.98 Å². The van der Waals surface area contributed by atoms with Gasteiger partial charge in [0.15, 0.2) is 5.82 Å². The second kappa shape index (κ2) is 5.55. The largest absolute Gasteiger partial charge is 0.417 e. The summed E-state index contributed by atoms with van der Waals surface area (Å²) in [6.45, 7) is 0. The molecule has 0 radical (unpaired) electrons. The third kappa shape index (κ3) is 2.96. The van der Waals surface area contributed by atoms with Crippen LogP contribution in [0.1, 0.15) is 32.1 Å². The third-order valence-electron chi connectivity index (χ3n) is 3.37. The smallest absolute Gasteiger partial charge is 0.305 e. The van der Waals surface area contributed by atoms with E-state index in [9.17, 15) is 18.0 Å². The lowest BCUT2D eigenvalue weighted by molar-refractivity contribution is -0.137. The predicted octanol–water partition coefficient (Wildman–Crippen LogP) is 4.56. The van der Waals surface area contributed by atoms with Crippen LogP contribution in [0.4, 0.5) is 19.0 Å². The van der Waals surface area contributed by atoms with Crippen molar-refractivity contribution >= 4 is 34.7 Å². The second-order valence-corrected chi connectivity index (χ2v) is 6.46. The third-order valence-corrected chi connectivity index (χ3v) is 4.89. The molecule has 0 aromatic carbocycles. The summed E-state index contributed by atoms with van der Waals surface area (Å²) in [4.78, 5) is 17.4. The van der Waals surface area contributed by atoms with Crippen LogP contribution in [0, 0.1) is 0 Å². The van der Waals surface area contributed by atoms with Gasteiger partial charge in [0.05, 0.1) is 15.5 Å². The molecule has 1 N–H and O–H groups in total. The standard InChI is InChI=1S/C14H10ClF3N2OS/c15-9-5-8(14(16,17)18)6-19-12(9)20-13(21)11-4-7-2-1-3-10(7)22-11/h4-6H,1-3H2,(H,19,20,21). The van der Waals surface area contributed by atoms with Gasteiger partial charge in [-0.15, -0.1) is 11.3 Å². The molecule has 0 fully saturated rings. The Hall–Kier alpha value is -1.60. The Morgan fingerprint density at radius 1 is 1.32 bits per heavy atom. The average Bonchev–Trinajstić information content (AvgIpc) is 3.00. The van der Waals surface area contributed by atoms with Gasteiger partial charge in [-0.2, -0.15) is 13.2 Å². The summed E-state index contributed by atoms with van der Waals surface area (Å²) in [6, 6.07) is 2.57. The number of rotatable bonds is 2. The number of hydrogen-bond acceptors (Lipinski definition) is 3. The maximum Gasteiger partial charge on any atom is 0.417 e. The van der Waals surface area contributed by atoms with Crippen LogP contribution in [0.2, 0.25) is 5.02 Å². The number of aromatic nitrogens is 1. The number of alkyl halides is 3. The van der Waals surface area contributed by atoms with Crippen molar-refractivity contribution in [3.63, 3.8) is 0 Å². The van der Waals surface area contributed by atoms with Gasteiger partial charge < -0.3 is 5.32 Å². The first kappa shape index (κ1) is 15.3. The molecule has 3 rings (SSSR count). The number of carbonyl (C=O) groups is 1. The fourth-order valence-corrected chi connectivity index (χ4v) is 3.66. The lowest BCUT2D eigenvalue weighted by Crippen LogP contribution is -2.13. The van der Waals surface area contributed by atoms with E-state index in [2.05, 4.69) is 10.3 Å². The number of fused-ring (bicyclic) bond motifs is 1. The molecule has 0 saturated carbocycles. The first-order valence-electron chi connectivity index (χ1n) is 6.50. The van der Waals surface area contributed by atoms with Crippen molar-refractivity contribution in [3.05, 3.63) is 44.2 Å². The number of thiophene rings is 1. The van der Waals surface area contributed by atoms with Crippen LogP contribution in [0.25, 0.3) is 0 Å². The molecule has 2 aromatic rings. The van der Waals surface area contributed by atoms with Crippen LogP contribution in [0.3, 0.4) is 0 Å². The van der Waals surface area contributed by atoms with E-state index >= 15 is 0 Å². The number of amides is 1. The van der Waals surface area contributed by atoms with Crippen molar-refractivity contribution in [2.24, 2.45) is 0 Å². The van der Waals surface area contributed by atoms with Crippen molar-refractivity contribution in [1.29, 1.82) is 0 Å². The van der Waals surface area contributed by atoms with Gasteiger partial charge in [-0.25, -0.2) is 4.98 Å². The van der Waals surface area contributed by atoms with Crippen molar-refractivity contribution < 1.29 is 18.0 Å². The molecule has 0 aliphatic heterocycles. The highest BCUT2D eigenvalue weighted by atomic mass is 35.5. The number of nitrogens with one attached hydrogen (secondary N) is 1. The predicted molar refractivity (Wildman–Crippen MR) is 78.5 cm³/mol. The highest BCUT2D eigenvalue weighted by molar-refractivity contribution is 7.14. The number of hydrogen-bond donors (Lipinski definition) is 1. The molecule has 0 spiro atoms. The molecule has 2 heterocycles. The molecule has 3 nitrogen and oxygen atoms in total. The minimum Gasteiger partial charge on any atom is -0.305 e. The molecule has 22 heavy (non-hydrogen) atoms. The molecular formula is C14H10ClF3N2OS. The Kier molecular flexibility index (Phi) is 3.86. The molecular weight excluding hydrogens is 337 g/mol.